The van der Waals surface area contributed by atoms with Gasteiger partial charge in [-0.25, -0.2) is 0 Å². The topological polar surface area (TPSA) is 89.3 Å². The van der Waals surface area contributed by atoms with Gasteiger partial charge in [-0.3, -0.25) is 4.40 Å². The second-order valence-electron chi connectivity index (χ2n) is 7.57. The minimum Gasteiger partial charge on any atom is -0.386 e. The summed E-state index contributed by atoms with van der Waals surface area (Å²) in [6.45, 7) is 3.49. The van der Waals surface area contributed by atoms with Gasteiger partial charge in [-0.15, -0.1) is 10.2 Å². The van der Waals surface area contributed by atoms with E-state index in [0.29, 0.717) is 17.4 Å². The summed E-state index contributed by atoms with van der Waals surface area (Å²) in [6.07, 6.45) is 3.66. The Kier molecular flexibility index (Phi) is 3.27. The number of fused-ring (bicyclic) bond motifs is 1. The number of rotatable bonds is 4. The first kappa shape index (κ1) is 16.1. The average Bonchev–Trinajstić information content (AvgIpc) is 3.12. The highest BCUT2D eigenvalue weighted by atomic mass is 16.5. The second kappa shape index (κ2) is 5.47. The molecule has 0 saturated heterocycles. The number of aromatic nitrogens is 5. The monoisotopic (exact) mass is 361 g/mol. The molecule has 0 bridgehead atoms. The van der Waals surface area contributed by atoms with Crippen LogP contribution in [0.2, 0.25) is 0 Å². The molecule has 1 saturated carbocycles. The van der Waals surface area contributed by atoms with Gasteiger partial charge in [0.2, 0.25) is 11.7 Å². The lowest BCUT2D eigenvalue weighted by atomic mass is 9.99. The number of nitrogens with zero attached hydrogens (tertiary/aromatic N) is 5. The predicted molar refractivity (Wildman–Crippen MR) is 98.0 cm³/mol. The van der Waals surface area contributed by atoms with Gasteiger partial charge in [-0.2, -0.15) is 4.98 Å². The van der Waals surface area contributed by atoms with E-state index in [9.17, 15) is 5.11 Å². The predicted octanol–water partition coefficient (Wildman–Crippen LogP) is 3.09. The van der Waals surface area contributed by atoms with Crippen LogP contribution >= 0.6 is 0 Å². The Morgan fingerprint density at radius 3 is 2.56 bits per heavy atom. The van der Waals surface area contributed by atoms with Crippen LogP contribution < -0.4 is 0 Å². The lowest BCUT2D eigenvalue weighted by Crippen LogP contribution is -2.18. The minimum atomic E-state index is -1.01. The van der Waals surface area contributed by atoms with E-state index < -0.39 is 11.0 Å². The molecule has 0 aliphatic heterocycles. The molecule has 5 rings (SSSR count). The summed E-state index contributed by atoms with van der Waals surface area (Å²) >= 11 is 0. The lowest BCUT2D eigenvalue weighted by molar-refractivity contribution is 0.0796. The van der Waals surface area contributed by atoms with E-state index in [1.807, 2.05) is 53.1 Å². The first-order valence-corrected chi connectivity index (χ1v) is 8.96. The molecule has 0 amide bonds. The smallest absolute Gasteiger partial charge is 0.240 e. The zero-order valence-electron chi connectivity index (χ0n) is 15.1. The van der Waals surface area contributed by atoms with Crippen LogP contribution in [0, 0.1) is 0 Å². The van der Waals surface area contributed by atoms with Crippen LogP contribution in [0.15, 0.2) is 53.2 Å². The van der Waals surface area contributed by atoms with E-state index in [0.717, 1.165) is 29.8 Å². The highest BCUT2D eigenvalue weighted by Crippen LogP contribution is 2.52. The third-order valence-electron chi connectivity index (χ3n) is 5.14. The van der Waals surface area contributed by atoms with E-state index in [1.165, 1.54) is 0 Å². The maximum absolute atomic E-state index is 10.4. The van der Waals surface area contributed by atoms with E-state index in [-0.39, 0.29) is 0 Å². The van der Waals surface area contributed by atoms with Gasteiger partial charge in [0.15, 0.2) is 11.5 Å². The van der Waals surface area contributed by atoms with Gasteiger partial charge in [-0.1, -0.05) is 41.6 Å². The fraction of sp³-hybridized carbons (Fsp3) is 0.300. The third kappa shape index (κ3) is 2.46. The molecule has 7 heteroatoms. The molecule has 136 valence electrons. The Labute approximate surface area is 155 Å². The van der Waals surface area contributed by atoms with Crippen LogP contribution in [0.5, 0.6) is 0 Å². The molecule has 3 heterocycles. The highest BCUT2D eigenvalue weighted by molar-refractivity contribution is 5.55. The van der Waals surface area contributed by atoms with Crippen LogP contribution in [0.1, 0.15) is 44.0 Å². The van der Waals surface area contributed by atoms with Crippen molar-refractivity contribution >= 4 is 5.65 Å². The van der Waals surface area contributed by atoms with Gasteiger partial charge in [-0.05, 0) is 32.8 Å². The molecule has 0 spiro atoms. The Morgan fingerprint density at radius 2 is 1.85 bits per heavy atom. The maximum Gasteiger partial charge on any atom is 0.240 e. The fourth-order valence-electron chi connectivity index (χ4n) is 3.50. The summed E-state index contributed by atoms with van der Waals surface area (Å²) in [7, 11) is 0. The van der Waals surface area contributed by atoms with E-state index in [1.54, 1.807) is 13.8 Å². The van der Waals surface area contributed by atoms with Gasteiger partial charge >= 0.3 is 0 Å². The molecule has 1 aliphatic rings. The number of aliphatic hydroxyl groups is 1. The van der Waals surface area contributed by atoms with Crippen molar-refractivity contribution < 1.29 is 9.63 Å². The number of hydrogen-bond acceptors (Lipinski definition) is 6. The van der Waals surface area contributed by atoms with Crippen molar-refractivity contribution in [3.8, 4) is 11.4 Å². The largest absolute Gasteiger partial charge is 0.386 e. The first-order chi connectivity index (χ1) is 13.0. The van der Waals surface area contributed by atoms with Gasteiger partial charge in [0, 0.05) is 17.3 Å². The van der Waals surface area contributed by atoms with Crippen molar-refractivity contribution in [1.29, 1.82) is 0 Å². The second-order valence-corrected chi connectivity index (χ2v) is 7.57. The van der Waals surface area contributed by atoms with Gasteiger partial charge in [0.1, 0.15) is 5.41 Å². The molecule has 0 unspecified atom stereocenters. The average molecular weight is 361 g/mol. The van der Waals surface area contributed by atoms with Crippen molar-refractivity contribution in [2.45, 2.75) is 37.7 Å². The minimum absolute atomic E-state index is 0.419. The SMILES string of the molecule is CC(C)(O)c1cccn2c(C3(c4nc(-c5ccccc5)no4)CC3)nnc12. The Morgan fingerprint density at radius 1 is 1.07 bits per heavy atom. The molecule has 3 aromatic heterocycles. The maximum atomic E-state index is 10.4. The Balaban J connectivity index is 1.60. The fourth-order valence-corrected chi connectivity index (χ4v) is 3.50. The third-order valence-corrected chi connectivity index (χ3v) is 5.14. The summed E-state index contributed by atoms with van der Waals surface area (Å²) < 4.78 is 7.55. The van der Waals surface area contributed by atoms with Crippen molar-refractivity contribution in [2.75, 3.05) is 0 Å². The molecule has 7 nitrogen and oxygen atoms in total. The van der Waals surface area contributed by atoms with Gasteiger partial charge in [0.05, 0.1) is 5.60 Å². The molecule has 1 aromatic carbocycles. The molecule has 4 aromatic rings. The molecule has 1 aliphatic carbocycles. The summed E-state index contributed by atoms with van der Waals surface area (Å²) in [5.74, 6) is 1.90. The van der Waals surface area contributed by atoms with Gasteiger partial charge < -0.3 is 9.63 Å². The highest BCUT2D eigenvalue weighted by Gasteiger charge is 2.55. The summed E-state index contributed by atoms with van der Waals surface area (Å²) in [5, 5.41) is 23.4. The number of pyridine rings is 1. The lowest BCUT2D eigenvalue weighted by Gasteiger charge is -2.18. The Hall–Kier alpha value is -3.06. The van der Waals surface area contributed by atoms with Crippen LogP contribution in [0.4, 0.5) is 0 Å². The Bertz CT molecular complexity index is 1120. The zero-order valence-corrected chi connectivity index (χ0v) is 15.1. The van der Waals surface area contributed by atoms with E-state index in [4.69, 9.17) is 4.52 Å². The van der Waals surface area contributed by atoms with Crippen molar-refractivity contribution in [3.05, 3.63) is 65.9 Å². The molecule has 1 fully saturated rings. The standard InChI is InChI=1S/C20H19N5O2/c1-19(2,26)14-9-6-12-25-16(14)22-23-17(25)20(10-11-20)18-21-15(24-27-18)13-7-4-3-5-8-13/h3-9,12,26H,10-11H2,1-2H3. The van der Waals surface area contributed by atoms with Crippen LogP contribution in [0.3, 0.4) is 0 Å². The molecule has 1 N–H and O–H groups in total. The normalized spacial score (nSPS) is 16.0. The number of benzene rings is 1. The molecule has 27 heavy (non-hydrogen) atoms. The molecule has 0 atom stereocenters. The van der Waals surface area contributed by atoms with Gasteiger partial charge in [0.25, 0.3) is 0 Å². The van der Waals surface area contributed by atoms with E-state index in [2.05, 4.69) is 20.3 Å². The van der Waals surface area contributed by atoms with E-state index >= 15 is 0 Å². The van der Waals surface area contributed by atoms with Crippen LogP contribution in [-0.4, -0.2) is 29.8 Å². The summed E-state index contributed by atoms with van der Waals surface area (Å²) in [6, 6.07) is 13.5. The van der Waals surface area contributed by atoms with Crippen molar-refractivity contribution in [1.82, 2.24) is 24.7 Å². The first-order valence-electron chi connectivity index (χ1n) is 8.96. The molecular weight excluding hydrogens is 342 g/mol. The van der Waals surface area contributed by atoms with Crippen molar-refractivity contribution in [2.24, 2.45) is 0 Å². The number of hydrogen-bond donors (Lipinski definition) is 1. The quantitative estimate of drug-likeness (QED) is 0.601. The summed E-state index contributed by atoms with van der Waals surface area (Å²) in [4.78, 5) is 4.64. The molecule has 0 radical (unpaired) electrons. The van der Waals surface area contributed by atoms with Crippen molar-refractivity contribution in [3.63, 3.8) is 0 Å². The van der Waals surface area contributed by atoms with Crippen LogP contribution in [0.25, 0.3) is 17.0 Å². The van der Waals surface area contributed by atoms with Crippen LogP contribution in [-0.2, 0) is 11.0 Å². The summed E-state index contributed by atoms with van der Waals surface area (Å²) in [5.41, 5.74) is 0.870. The zero-order chi connectivity index (χ0) is 18.6. The molecular formula is C20H19N5O2.